The van der Waals surface area contributed by atoms with E-state index in [0.717, 1.165) is 18.2 Å². The minimum absolute atomic E-state index is 0.0835. The van der Waals surface area contributed by atoms with Gasteiger partial charge in [-0.15, -0.1) is 10.2 Å². The van der Waals surface area contributed by atoms with E-state index in [0.29, 0.717) is 11.3 Å². The van der Waals surface area contributed by atoms with Crippen molar-refractivity contribution in [3.05, 3.63) is 77.9 Å². The average molecular weight is 314 g/mol. The number of aromatic nitrogens is 3. The molecule has 0 aliphatic rings. The summed E-state index contributed by atoms with van der Waals surface area (Å²) in [5.74, 6) is -1.53. The number of benzene rings is 2. The predicted molar refractivity (Wildman–Crippen MR) is 78.9 cm³/mol. The van der Waals surface area contributed by atoms with E-state index in [2.05, 4.69) is 15.5 Å². The average Bonchev–Trinajstić information content (AvgIpc) is 3.10. The van der Waals surface area contributed by atoms with E-state index in [4.69, 9.17) is 0 Å². The van der Waals surface area contributed by atoms with Gasteiger partial charge in [-0.05, 0) is 30.3 Å². The quantitative estimate of drug-likeness (QED) is 0.805. The van der Waals surface area contributed by atoms with Crippen LogP contribution in [0.2, 0.25) is 0 Å². The van der Waals surface area contributed by atoms with Gasteiger partial charge in [0.25, 0.3) is 5.91 Å². The van der Waals surface area contributed by atoms with E-state index < -0.39 is 17.5 Å². The Hall–Kier alpha value is -3.09. The van der Waals surface area contributed by atoms with Crippen LogP contribution in [0.5, 0.6) is 0 Å². The van der Waals surface area contributed by atoms with E-state index in [9.17, 15) is 13.6 Å². The van der Waals surface area contributed by atoms with Crippen molar-refractivity contribution in [1.29, 1.82) is 0 Å². The molecule has 0 saturated heterocycles. The number of nitrogens with one attached hydrogen (secondary N) is 1. The molecule has 0 fully saturated rings. The van der Waals surface area contributed by atoms with E-state index in [1.54, 1.807) is 28.8 Å². The standard InChI is InChI=1S/C16H12F2N4O/c17-12-5-6-14(18)11(7-12)8-19-16(23)13-3-1-2-4-15(13)22-9-20-21-10-22/h1-7,9-10H,8H2,(H,19,23). The number of hydrogen-bond donors (Lipinski definition) is 1. The fraction of sp³-hybridized carbons (Fsp3) is 0.0625. The number of amides is 1. The third-order valence-electron chi connectivity index (χ3n) is 3.29. The van der Waals surface area contributed by atoms with E-state index in [-0.39, 0.29) is 12.1 Å². The van der Waals surface area contributed by atoms with Crippen molar-refractivity contribution < 1.29 is 13.6 Å². The monoisotopic (exact) mass is 314 g/mol. The van der Waals surface area contributed by atoms with Crippen LogP contribution >= 0.6 is 0 Å². The lowest BCUT2D eigenvalue weighted by molar-refractivity contribution is 0.0950. The second kappa shape index (κ2) is 6.35. The summed E-state index contributed by atoms with van der Waals surface area (Å²) in [5, 5.41) is 9.99. The van der Waals surface area contributed by atoms with Gasteiger partial charge in [0.15, 0.2) is 0 Å². The molecule has 3 rings (SSSR count). The van der Waals surface area contributed by atoms with Crippen LogP contribution in [0.3, 0.4) is 0 Å². The van der Waals surface area contributed by atoms with E-state index in [1.807, 2.05) is 0 Å². The van der Waals surface area contributed by atoms with Crippen LogP contribution in [-0.2, 0) is 6.54 Å². The number of hydrogen-bond acceptors (Lipinski definition) is 3. The molecule has 5 nitrogen and oxygen atoms in total. The summed E-state index contributed by atoms with van der Waals surface area (Å²) in [6.45, 7) is -0.112. The second-order valence-electron chi connectivity index (χ2n) is 4.80. The Labute approximate surface area is 130 Å². The van der Waals surface area contributed by atoms with Crippen LogP contribution < -0.4 is 5.32 Å². The summed E-state index contributed by atoms with van der Waals surface area (Å²) in [5.41, 5.74) is 1.05. The molecule has 1 amide bonds. The lowest BCUT2D eigenvalue weighted by Gasteiger charge is -2.10. The molecule has 0 unspecified atom stereocenters. The number of carbonyl (C=O) groups is 1. The lowest BCUT2D eigenvalue weighted by Crippen LogP contribution is -2.24. The fourth-order valence-electron chi connectivity index (χ4n) is 2.17. The summed E-state index contributed by atoms with van der Waals surface area (Å²) in [7, 11) is 0. The van der Waals surface area contributed by atoms with Gasteiger partial charge in [0, 0.05) is 12.1 Å². The third-order valence-corrected chi connectivity index (χ3v) is 3.29. The molecule has 3 aromatic rings. The summed E-state index contributed by atoms with van der Waals surface area (Å²) in [6, 6.07) is 9.97. The van der Waals surface area contributed by atoms with Crippen molar-refractivity contribution in [1.82, 2.24) is 20.1 Å². The summed E-state index contributed by atoms with van der Waals surface area (Å²) >= 11 is 0. The molecule has 0 radical (unpaired) electrons. The first-order valence-electron chi connectivity index (χ1n) is 6.81. The summed E-state index contributed by atoms with van der Waals surface area (Å²) in [4.78, 5) is 12.3. The number of nitrogens with zero attached hydrogens (tertiary/aromatic N) is 3. The normalized spacial score (nSPS) is 10.5. The first-order valence-corrected chi connectivity index (χ1v) is 6.81. The van der Waals surface area contributed by atoms with Crippen molar-refractivity contribution in [3.8, 4) is 5.69 Å². The van der Waals surface area contributed by atoms with E-state index >= 15 is 0 Å². The minimum atomic E-state index is -0.571. The lowest BCUT2D eigenvalue weighted by atomic mass is 10.1. The molecular weight excluding hydrogens is 302 g/mol. The van der Waals surface area contributed by atoms with Crippen molar-refractivity contribution in [2.75, 3.05) is 0 Å². The number of para-hydroxylation sites is 1. The molecule has 116 valence electrons. The summed E-state index contributed by atoms with van der Waals surface area (Å²) in [6.07, 6.45) is 2.94. The van der Waals surface area contributed by atoms with Crippen LogP contribution in [0, 0.1) is 11.6 Å². The highest BCUT2D eigenvalue weighted by molar-refractivity contribution is 5.97. The third kappa shape index (κ3) is 3.23. The maximum Gasteiger partial charge on any atom is 0.253 e. The van der Waals surface area contributed by atoms with Crippen LogP contribution in [-0.4, -0.2) is 20.7 Å². The Balaban J connectivity index is 1.81. The molecule has 0 atom stereocenters. The Morgan fingerprint density at radius 1 is 1.09 bits per heavy atom. The smallest absolute Gasteiger partial charge is 0.253 e. The molecule has 1 heterocycles. The van der Waals surface area contributed by atoms with Crippen LogP contribution in [0.4, 0.5) is 8.78 Å². The maximum atomic E-state index is 13.6. The van der Waals surface area contributed by atoms with Gasteiger partial charge in [0.05, 0.1) is 11.3 Å². The van der Waals surface area contributed by atoms with Crippen molar-refractivity contribution >= 4 is 5.91 Å². The molecule has 2 aromatic carbocycles. The van der Waals surface area contributed by atoms with Gasteiger partial charge in [-0.2, -0.15) is 0 Å². The summed E-state index contributed by atoms with van der Waals surface area (Å²) < 4.78 is 28.3. The van der Waals surface area contributed by atoms with Crippen LogP contribution in [0.15, 0.2) is 55.1 Å². The molecule has 23 heavy (non-hydrogen) atoms. The van der Waals surface area contributed by atoms with Crippen molar-refractivity contribution in [2.24, 2.45) is 0 Å². The zero-order valence-electron chi connectivity index (χ0n) is 11.9. The van der Waals surface area contributed by atoms with Crippen molar-refractivity contribution in [3.63, 3.8) is 0 Å². The van der Waals surface area contributed by atoms with Crippen molar-refractivity contribution in [2.45, 2.75) is 6.54 Å². The van der Waals surface area contributed by atoms with Gasteiger partial charge in [0.1, 0.15) is 24.3 Å². The van der Waals surface area contributed by atoms with Gasteiger partial charge in [0.2, 0.25) is 0 Å². The SMILES string of the molecule is O=C(NCc1cc(F)ccc1F)c1ccccc1-n1cnnc1. The topological polar surface area (TPSA) is 59.8 Å². The molecule has 0 aliphatic heterocycles. The zero-order chi connectivity index (χ0) is 16.2. The molecule has 1 N–H and O–H groups in total. The Kier molecular flexibility index (Phi) is 4.09. The van der Waals surface area contributed by atoms with Gasteiger partial charge in [-0.25, -0.2) is 8.78 Å². The first kappa shape index (κ1) is 14.8. The molecule has 7 heteroatoms. The molecule has 0 saturated carbocycles. The molecule has 1 aromatic heterocycles. The highest BCUT2D eigenvalue weighted by Gasteiger charge is 2.13. The minimum Gasteiger partial charge on any atom is -0.348 e. The molecule has 0 aliphatic carbocycles. The van der Waals surface area contributed by atoms with Crippen LogP contribution in [0.1, 0.15) is 15.9 Å². The first-order chi connectivity index (χ1) is 11.1. The highest BCUT2D eigenvalue weighted by atomic mass is 19.1. The Morgan fingerprint density at radius 3 is 2.61 bits per heavy atom. The highest BCUT2D eigenvalue weighted by Crippen LogP contribution is 2.14. The number of rotatable bonds is 4. The van der Waals surface area contributed by atoms with Gasteiger partial charge in [-0.3, -0.25) is 9.36 Å². The Morgan fingerprint density at radius 2 is 1.83 bits per heavy atom. The van der Waals surface area contributed by atoms with Crippen LogP contribution in [0.25, 0.3) is 5.69 Å². The molecule has 0 bridgehead atoms. The zero-order valence-corrected chi connectivity index (χ0v) is 11.9. The second-order valence-corrected chi connectivity index (χ2v) is 4.80. The number of halogens is 2. The largest absolute Gasteiger partial charge is 0.348 e. The van der Waals surface area contributed by atoms with Gasteiger partial charge < -0.3 is 5.32 Å². The van der Waals surface area contributed by atoms with Gasteiger partial charge in [-0.1, -0.05) is 12.1 Å². The Bertz CT molecular complexity index is 834. The van der Waals surface area contributed by atoms with E-state index in [1.165, 1.54) is 12.7 Å². The molecular formula is C16H12F2N4O. The number of carbonyl (C=O) groups excluding carboxylic acids is 1. The fourth-order valence-corrected chi connectivity index (χ4v) is 2.17. The molecule has 0 spiro atoms. The van der Waals surface area contributed by atoms with Gasteiger partial charge >= 0.3 is 0 Å². The maximum absolute atomic E-state index is 13.6. The predicted octanol–water partition coefficient (Wildman–Crippen LogP) is 2.48.